The number of aromatic nitrogens is 1. The summed E-state index contributed by atoms with van der Waals surface area (Å²) in [5, 5.41) is 5.85. The first-order valence-electron chi connectivity index (χ1n) is 12.6. The number of fused-ring (bicyclic) bond motifs is 1. The highest BCUT2D eigenvalue weighted by Gasteiger charge is 2.43. The molecule has 2 N–H and O–H groups in total. The van der Waals surface area contributed by atoms with E-state index in [0.29, 0.717) is 43.9 Å². The van der Waals surface area contributed by atoms with E-state index in [1.165, 1.54) is 16.7 Å². The van der Waals surface area contributed by atoms with E-state index in [0.717, 1.165) is 12.1 Å². The largest absolute Gasteiger partial charge is 0.381 e. The molecule has 2 aliphatic heterocycles. The van der Waals surface area contributed by atoms with Gasteiger partial charge in [-0.2, -0.15) is 0 Å². The van der Waals surface area contributed by atoms with Crippen LogP contribution in [0.5, 0.6) is 0 Å². The van der Waals surface area contributed by atoms with Crippen LogP contribution in [0.25, 0.3) is 0 Å². The van der Waals surface area contributed by atoms with Gasteiger partial charge in [-0.05, 0) is 44.4 Å². The van der Waals surface area contributed by atoms with Gasteiger partial charge in [-0.15, -0.1) is 0 Å². The van der Waals surface area contributed by atoms with Crippen molar-refractivity contribution in [1.82, 2.24) is 15.2 Å². The van der Waals surface area contributed by atoms with E-state index < -0.39 is 29.1 Å². The Kier molecular flexibility index (Phi) is 7.80. The Bertz CT molecular complexity index is 1240. The lowest BCUT2D eigenvalue weighted by molar-refractivity contribution is -0.130. The summed E-state index contributed by atoms with van der Waals surface area (Å²) >= 11 is 0. The van der Waals surface area contributed by atoms with Crippen LogP contribution in [-0.4, -0.2) is 55.3 Å². The van der Waals surface area contributed by atoms with Crippen LogP contribution in [0.1, 0.15) is 44.7 Å². The van der Waals surface area contributed by atoms with Gasteiger partial charge in [0.2, 0.25) is 11.8 Å². The van der Waals surface area contributed by atoms with Crippen LogP contribution in [0.4, 0.5) is 14.5 Å². The number of halogens is 2. The van der Waals surface area contributed by atoms with Gasteiger partial charge in [0.1, 0.15) is 17.7 Å². The van der Waals surface area contributed by atoms with E-state index in [-0.39, 0.29) is 35.4 Å². The molecule has 1 aromatic heterocycles. The molecule has 2 aromatic rings. The highest BCUT2D eigenvalue weighted by Crippen LogP contribution is 2.40. The van der Waals surface area contributed by atoms with Gasteiger partial charge >= 0.3 is 0 Å². The molecule has 10 heteroatoms. The summed E-state index contributed by atoms with van der Waals surface area (Å²) < 4.78 is 34.5. The molecule has 0 unspecified atom stereocenters. The van der Waals surface area contributed by atoms with Crippen LogP contribution in [-0.2, 0) is 26.3 Å². The molecule has 1 aromatic carbocycles. The van der Waals surface area contributed by atoms with Crippen molar-refractivity contribution in [3.05, 3.63) is 63.6 Å². The van der Waals surface area contributed by atoms with E-state index in [4.69, 9.17) is 4.74 Å². The predicted molar refractivity (Wildman–Crippen MR) is 136 cm³/mol. The molecule has 3 heterocycles. The highest BCUT2D eigenvalue weighted by atomic mass is 19.1. The minimum absolute atomic E-state index is 0.0966. The van der Waals surface area contributed by atoms with Crippen LogP contribution < -0.4 is 21.1 Å². The fraction of sp³-hybridized carbons (Fsp3) is 0.519. The number of hydrogen-bond donors (Lipinski definition) is 2. The van der Waals surface area contributed by atoms with Crippen molar-refractivity contribution in [2.24, 2.45) is 5.92 Å². The van der Waals surface area contributed by atoms with Gasteiger partial charge in [0, 0.05) is 49.1 Å². The van der Waals surface area contributed by atoms with Crippen molar-refractivity contribution in [1.29, 1.82) is 0 Å². The number of rotatable bonds is 7. The number of pyridine rings is 1. The SMILES string of the molecule is CN[C@@H](C)C(=O)N[C@H](C(=O)N1CC(C)(C)c2cc(=O)n(Cc3ccc(F)cc3F)cc21)C1CCOCC1. The maximum absolute atomic E-state index is 14.3. The number of carbonyl (C=O) groups is 2. The topological polar surface area (TPSA) is 92.7 Å². The van der Waals surface area contributed by atoms with Crippen LogP contribution in [0.3, 0.4) is 0 Å². The molecule has 200 valence electrons. The van der Waals surface area contributed by atoms with Crippen LogP contribution in [0.2, 0.25) is 0 Å². The molecule has 1 fully saturated rings. The van der Waals surface area contributed by atoms with E-state index >= 15 is 0 Å². The Morgan fingerprint density at radius 2 is 1.89 bits per heavy atom. The molecule has 4 rings (SSSR count). The van der Waals surface area contributed by atoms with Crippen LogP contribution >= 0.6 is 0 Å². The zero-order valence-corrected chi connectivity index (χ0v) is 21.6. The molecule has 2 atom stereocenters. The average molecular weight is 517 g/mol. The van der Waals surface area contributed by atoms with Gasteiger partial charge in [-0.3, -0.25) is 14.4 Å². The third-order valence-corrected chi connectivity index (χ3v) is 7.43. The van der Waals surface area contributed by atoms with Crippen molar-refractivity contribution >= 4 is 17.5 Å². The molecule has 2 aliphatic rings. The Labute approximate surface area is 215 Å². The molecular formula is C27H34F2N4O4. The van der Waals surface area contributed by atoms with Gasteiger partial charge in [0.15, 0.2) is 0 Å². The molecule has 2 amide bonds. The number of ether oxygens (including phenoxy) is 1. The maximum atomic E-state index is 14.3. The first-order valence-corrected chi connectivity index (χ1v) is 12.6. The molecule has 0 spiro atoms. The molecule has 0 saturated carbocycles. The third kappa shape index (κ3) is 5.60. The standard InChI is InChI=1S/C27H34F2N4O4/c1-16(30-4)25(35)31-24(17-7-9-37-10-8-17)26(36)33-15-27(2,3)20-12-23(34)32(14-22(20)33)13-18-5-6-19(28)11-21(18)29/h5-6,11-12,14,16-17,24,30H,7-10,13,15H2,1-4H3,(H,31,35)/t16-,24-/m0/s1. The fourth-order valence-electron chi connectivity index (χ4n) is 5.05. The van der Waals surface area contributed by atoms with Crippen molar-refractivity contribution in [2.75, 3.05) is 31.7 Å². The fourth-order valence-corrected chi connectivity index (χ4v) is 5.05. The normalized spacial score (nSPS) is 18.8. The monoisotopic (exact) mass is 516 g/mol. The summed E-state index contributed by atoms with van der Waals surface area (Å²) in [7, 11) is 1.68. The molecule has 0 bridgehead atoms. The second kappa shape index (κ2) is 10.7. The summed E-state index contributed by atoms with van der Waals surface area (Å²) in [5.41, 5.74) is 0.564. The van der Waals surface area contributed by atoms with Crippen LogP contribution in [0, 0.1) is 17.6 Å². The number of amides is 2. The molecule has 0 radical (unpaired) electrons. The molecule has 0 aliphatic carbocycles. The van der Waals surface area contributed by atoms with E-state index in [9.17, 15) is 23.2 Å². The summed E-state index contributed by atoms with van der Waals surface area (Å²) in [5.74, 6) is -2.08. The second-order valence-corrected chi connectivity index (χ2v) is 10.5. The summed E-state index contributed by atoms with van der Waals surface area (Å²) in [6.45, 7) is 6.87. The predicted octanol–water partition coefficient (Wildman–Crippen LogP) is 2.32. The third-order valence-electron chi connectivity index (χ3n) is 7.43. The van der Waals surface area contributed by atoms with Crippen molar-refractivity contribution in [3.8, 4) is 0 Å². The average Bonchev–Trinajstić information content (AvgIpc) is 3.13. The lowest BCUT2D eigenvalue weighted by atomic mass is 9.87. The van der Waals surface area contributed by atoms with Crippen molar-refractivity contribution in [3.63, 3.8) is 0 Å². The van der Waals surface area contributed by atoms with E-state index in [2.05, 4.69) is 10.6 Å². The lowest BCUT2D eigenvalue weighted by Crippen LogP contribution is -2.56. The number of likely N-dealkylation sites (N-methyl/N-ethyl adjacent to an activating group) is 1. The smallest absolute Gasteiger partial charge is 0.251 e. The number of benzene rings is 1. The zero-order valence-electron chi connectivity index (χ0n) is 21.6. The van der Waals surface area contributed by atoms with Crippen molar-refractivity contribution in [2.45, 2.75) is 57.7 Å². The minimum Gasteiger partial charge on any atom is -0.381 e. The van der Waals surface area contributed by atoms with E-state index in [1.54, 1.807) is 25.1 Å². The molecule has 37 heavy (non-hydrogen) atoms. The Morgan fingerprint density at radius 3 is 2.54 bits per heavy atom. The molecule has 8 nitrogen and oxygen atoms in total. The minimum atomic E-state index is -0.760. The maximum Gasteiger partial charge on any atom is 0.251 e. The number of nitrogens with one attached hydrogen (secondary N) is 2. The van der Waals surface area contributed by atoms with Crippen LogP contribution in [0.15, 0.2) is 35.3 Å². The van der Waals surface area contributed by atoms with Gasteiger partial charge in [0.05, 0.1) is 18.3 Å². The van der Waals surface area contributed by atoms with Gasteiger partial charge in [0.25, 0.3) is 5.56 Å². The summed E-state index contributed by atoms with van der Waals surface area (Å²) in [6.07, 6.45) is 2.84. The first-order chi connectivity index (χ1) is 17.5. The highest BCUT2D eigenvalue weighted by molar-refractivity contribution is 6.01. The van der Waals surface area contributed by atoms with E-state index in [1.807, 2.05) is 13.8 Å². The lowest BCUT2D eigenvalue weighted by Gasteiger charge is -2.34. The quantitative estimate of drug-likeness (QED) is 0.590. The Hall–Kier alpha value is -3.11. The van der Waals surface area contributed by atoms with Gasteiger partial charge < -0.3 is 24.8 Å². The summed E-state index contributed by atoms with van der Waals surface area (Å²) in [6, 6.07) is 3.46. The number of nitrogens with zero attached hydrogens (tertiary/aromatic N) is 2. The van der Waals surface area contributed by atoms with Crippen molar-refractivity contribution < 1.29 is 23.1 Å². The molecule has 1 saturated heterocycles. The molecular weight excluding hydrogens is 482 g/mol. The Balaban J connectivity index is 1.70. The zero-order chi connectivity index (χ0) is 26.9. The van der Waals surface area contributed by atoms with Gasteiger partial charge in [-0.25, -0.2) is 8.78 Å². The number of hydrogen-bond acceptors (Lipinski definition) is 5. The second-order valence-electron chi connectivity index (χ2n) is 10.5. The first kappa shape index (κ1) is 26.9. The number of anilines is 1. The summed E-state index contributed by atoms with van der Waals surface area (Å²) in [4.78, 5) is 41.4. The Morgan fingerprint density at radius 1 is 1.19 bits per heavy atom. The number of carbonyl (C=O) groups excluding carboxylic acids is 2. The van der Waals surface area contributed by atoms with Gasteiger partial charge in [-0.1, -0.05) is 19.9 Å².